The standard InChI is InChI=1S/C15H31NO/c1-5-7-8-12(6-2)11-17-13-9-10-15(3,4)14(13)16/h12-14H,5-11,16H2,1-4H3. The molecule has 1 rings (SSSR count). The minimum Gasteiger partial charge on any atom is -0.376 e. The monoisotopic (exact) mass is 241 g/mol. The van der Waals surface area contributed by atoms with Gasteiger partial charge in [-0.25, -0.2) is 0 Å². The molecular formula is C15H31NO. The molecule has 1 saturated carbocycles. The van der Waals surface area contributed by atoms with Crippen molar-refractivity contribution in [2.45, 2.75) is 78.4 Å². The van der Waals surface area contributed by atoms with E-state index in [1.165, 1.54) is 32.1 Å². The molecule has 0 bridgehead atoms. The topological polar surface area (TPSA) is 35.2 Å². The van der Waals surface area contributed by atoms with E-state index in [1.54, 1.807) is 0 Å². The third-order valence-corrected chi connectivity index (χ3v) is 4.47. The quantitative estimate of drug-likeness (QED) is 0.737. The van der Waals surface area contributed by atoms with Crippen LogP contribution in [0.2, 0.25) is 0 Å². The Labute approximate surface area is 107 Å². The van der Waals surface area contributed by atoms with E-state index in [0.29, 0.717) is 6.10 Å². The molecule has 17 heavy (non-hydrogen) atoms. The van der Waals surface area contributed by atoms with E-state index in [-0.39, 0.29) is 11.5 Å². The minimum atomic E-state index is 0.214. The van der Waals surface area contributed by atoms with Gasteiger partial charge in [-0.15, -0.1) is 0 Å². The molecule has 0 aromatic rings. The van der Waals surface area contributed by atoms with Crippen molar-refractivity contribution in [1.82, 2.24) is 0 Å². The maximum absolute atomic E-state index is 6.26. The summed E-state index contributed by atoms with van der Waals surface area (Å²) in [5.41, 5.74) is 6.52. The molecule has 0 saturated heterocycles. The second kappa shape index (κ2) is 6.75. The fraction of sp³-hybridized carbons (Fsp3) is 1.00. The van der Waals surface area contributed by atoms with Crippen LogP contribution in [0.25, 0.3) is 0 Å². The first-order chi connectivity index (χ1) is 8.01. The number of rotatable bonds is 7. The van der Waals surface area contributed by atoms with Crippen molar-refractivity contribution >= 4 is 0 Å². The van der Waals surface area contributed by atoms with Crippen LogP contribution in [0.1, 0.15) is 66.2 Å². The molecule has 0 aromatic carbocycles. The Balaban J connectivity index is 2.30. The van der Waals surface area contributed by atoms with Gasteiger partial charge in [0.1, 0.15) is 0 Å². The summed E-state index contributed by atoms with van der Waals surface area (Å²) in [5, 5.41) is 0. The zero-order valence-corrected chi connectivity index (χ0v) is 12.2. The lowest BCUT2D eigenvalue weighted by atomic mass is 9.87. The van der Waals surface area contributed by atoms with Crippen LogP contribution in [0.15, 0.2) is 0 Å². The van der Waals surface area contributed by atoms with E-state index in [1.807, 2.05) is 0 Å². The summed E-state index contributed by atoms with van der Waals surface area (Å²) in [6.07, 6.45) is 7.77. The lowest BCUT2D eigenvalue weighted by Gasteiger charge is -2.27. The van der Waals surface area contributed by atoms with Gasteiger partial charge in [0.05, 0.1) is 6.10 Å². The zero-order valence-electron chi connectivity index (χ0n) is 12.2. The van der Waals surface area contributed by atoms with E-state index in [0.717, 1.165) is 18.9 Å². The van der Waals surface area contributed by atoms with Crippen LogP contribution in [-0.2, 0) is 4.74 Å². The Hall–Kier alpha value is -0.0800. The van der Waals surface area contributed by atoms with Crippen LogP contribution in [0.3, 0.4) is 0 Å². The number of nitrogens with two attached hydrogens (primary N) is 1. The summed E-state index contributed by atoms with van der Waals surface area (Å²) in [6.45, 7) is 9.95. The molecule has 102 valence electrons. The zero-order chi connectivity index (χ0) is 12.9. The summed E-state index contributed by atoms with van der Waals surface area (Å²) in [6, 6.07) is 0.214. The van der Waals surface area contributed by atoms with Gasteiger partial charge < -0.3 is 10.5 Å². The number of hydrogen-bond donors (Lipinski definition) is 1. The molecule has 1 fully saturated rings. The molecule has 0 amide bonds. The van der Waals surface area contributed by atoms with Crippen molar-refractivity contribution in [2.75, 3.05) is 6.61 Å². The van der Waals surface area contributed by atoms with Crippen LogP contribution in [0.5, 0.6) is 0 Å². The minimum absolute atomic E-state index is 0.214. The van der Waals surface area contributed by atoms with Crippen molar-refractivity contribution in [3.8, 4) is 0 Å². The van der Waals surface area contributed by atoms with E-state index in [9.17, 15) is 0 Å². The Morgan fingerprint density at radius 2 is 2.06 bits per heavy atom. The third kappa shape index (κ3) is 4.26. The van der Waals surface area contributed by atoms with Crippen molar-refractivity contribution in [2.24, 2.45) is 17.1 Å². The molecule has 1 aliphatic rings. The van der Waals surface area contributed by atoms with Crippen LogP contribution in [0, 0.1) is 11.3 Å². The van der Waals surface area contributed by atoms with Gasteiger partial charge in [0.2, 0.25) is 0 Å². The molecule has 0 radical (unpaired) electrons. The smallest absolute Gasteiger partial charge is 0.0731 e. The molecule has 3 unspecified atom stereocenters. The van der Waals surface area contributed by atoms with Crippen LogP contribution in [-0.4, -0.2) is 18.8 Å². The summed E-state index contributed by atoms with van der Waals surface area (Å²) in [4.78, 5) is 0. The highest BCUT2D eigenvalue weighted by Gasteiger charge is 2.40. The van der Waals surface area contributed by atoms with E-state index in [2.05, 4.69) is 27.7 Å². The summed E-state index contributed by atoms with van der Waals surface area (Å²) in [7, 11) is 0. The van der Waals surface area contributed by atoms with Crippen LogP contribution in [0.4, 0.5) is 0 Å². The molecule has 2 N–H and O–H groups in total. The van der Waals surface area contributed by atoms with Crippen molar-refractivity contribution in [1.29, 1.82) is 0 Å². The largest absolute Gasteiger partial charge is 0.376 e. The van der Waals surface area contributed by atoms with Gasteiger partial charge in [0, 0.05) is 12.6 Å². The van der Waals surface area contributed by atoms with Gasteiger partial charge in [0.15, 0.2) is 0 Å². The Morgan fingerprint density at radius 3 is 2.53 bits per heavy atom. The highest BCUT2D eigenvalue weighted by molar-refractivity contribution is 4.95. The molecule has 0 heterocycles. The molecular weight excluding hydrogens is 210 g/mol. The molecule has 3 atom stereocenters. The molecule has 2 heteroatoms. The number of hydrogen-bond acceptors (Lipinski definition) is 2. The fourth-order valence-electron chi connectivity index (χ4n) is 2.71. The van der Waals surface area contributed by atoms with Gasteiger partial charge in [0.25, 0.3) is 0 Å². The second-order valence-electron chi connectivity index (χ2n) is 6.34. The van der Waals surface area contributed by atoms with E-state index < -0.39 is 0 Å². The first kappa shape index (κ1) is 15.0. The molecule has 2 nitrogen and oxygen atoms in total. The van der Waals surface area contributed by atoms with E-state index in [4.69, 9.17) is 10.5 Å². The summed E-state index contributed by atoms with van der Waals surface area (Å²) < 4.78 is 6.08. The average Bonchev–Trinajstić information content (AvgIpc) is 2.56. The molecule has 1 aliphatic carbocycles. The Kier molecular flexibility index (Phi) is 5.94. The lowest BCUT2D eigenvalue weighted by molar-refractivity contribution is 0.0134. The SMILES string of the molecule is CCCCC(CC)COC1CCC(C)(C)C1N. The van der Waals surface area contributed by atoms with Gasteiger partial charge in [-0.2, -0.15) is 0 Å². The lowest BCUT2D eigenvalue weighted by Crippen LogP contribution is -2.41. The third-order valence-electron chi connectivity index (χ3n) is 4.47. The number of ether oxygens (including phenoxy) is 1. The molecule has 0 aliphatic heterocycles. The van der Waals surface area contributed by atoms with Gasteiger partial charge in [-0.1, -0.05) is 47.0 Å². The van der Waals surface area contributed by atoms with Crippen LogP contribution >= 0.6 is 0 Å². The van der Waals surface area contributed by atoms with Crippen LogP contribution < -0.4 is 5.73 Å². The summed E-state index contributed by atoms with van der Waals surface area (Å²) >= 11 is 0. The van der Waals surface area contributed by atoms with Gasteiger partial charge in [-0.05, 0) is 30.6 Å². The predicted octanol–water partition coefficient (Wildman–Crippen LogP) is 3.74. The fourth-order valence-corrected chi connectivity index (χ4v) is 2.71. The number of unbranched alkanes of at least 4 members (excludes halogenated alkanes) is 1. The van der Waals surface area contributed by atoms with Gasteiger partial charge in [-0.3, -0.25) is 0 Å². The van der Waals surface area contributed by atoms with Crippen molar-refractivity contribution in [3.63, 3.8) is 0 Å². The predicted molar refractivity (Wildman–Crippen MR) is 74.0 cm³/mol. The normalized spacial score (nSPS) is 29.5. The van der Waals surface area contributed by atoms with Crippen molar-refractivity contribution in [3.05, 3.63) is 0 Å². The molecule has 0 spiro atoms. The second-order valence-corrected chi connectivity index (χ2v) is 6.34. The van der Waals surface area contributed by atoms with E-state index >= 15 is 0 Å². The highest BCUT2D eigenvalue weighted by atomic mass is 16.5. The Bertz CT molecular complexity index is 215. The molecule has 0 aromatic heterocycles. The highest BCUT2D eigenvalue weighted by Crippen LogP contribution is 2.37. The summed E-state index contributed by atoms with van der Waals surface area (Å²) in [5.74, 6) is 0.728. The first-order valence-electron chi connectivity index (χ1n) is 7.38. The average molecular weight is 241 g/mol. The maximum atomic E-state index is 6.26. The first-order valence-corrected chi connectivity index (χ1v) is 7.38. The Morgan fingerprint density at radius 1 is 1.35 bits per heavy atom. The van der Waals surface area contributed by atoms with Gasteiger partial charge >= 0.3 is 0 Å². The van der Waals surface area contributed by atoms with Crippen molar-refractivity contribution < 1.29 is 4.74 Å². The maximum Gasteiger partial charge on any atom is 0.0731 e.